The number of hydrogen-bond acceptors (Lipinski definition) is 2. The number of halogens is 1. The molecular weight excluding hydrogens is 237 g/mol. The van der Waals surface area contributed by atoms with Gasteiger partial charge in [-0.3, -0.25) is 4.79 Å². The second-order valence-electron chi connectivity index (χ2n) is 4.25. The summed E-state index contributed by atoms with van der Waals surface area (Å²) in [5.74, 6) is 0.884. The largest absolute Gasteiger partial charge is 0.355 e. The van der Waals surface area contributed by atoms with Crippen LogP contribution >= 0.6 is 11.8 Å². The lowest BCUT2D eigenvalue weighted by atomic mass is 10.1. The van der Waals surface area contributed by atoms with Crippen LogP contribution in [0, 0.1) is 5.82 Å². The topological polar surface area (TPSA) is 29.1 Å². The van der Waals surface area contributed by atoms with E-state index in [1.54, 1.807) is 12.1 Å². The van der Waals surface area contributed by atoms with Crippen LogP contribution in [-0.2, 0) is 11.2 Å². The van der Waals surface area contributed by atoms with E-state index in [9.17, 15) is 9.18 Å². The molecule has 1 saturated heterocycles. The van der Waals surface area contributed by atoms with Crippen LogP contribution in [0.3, 0.4) is 0 Å². The average Bonchev–Trinajstić information content (AvgIpc) is 2.79. The van der Waals surface area contributed by atoms with E-state index in [-0.39, 0.29) is 18.1 Å². The Bertz CT molecular complexity index is 391. The monoisotopic (exact) mass is 253 g/mol. The number of rotatable bonds is 4. The first-order valence-electron chi connectivity index (χ1n) is 5.87. The average molecular weight is 253 g/mol. The molecule has 1 aliphatic rings. The van der Waals surface area contributed by atoms with Crippen LogP contribution in [0.15, 0.2) is 24.3 Å². The van der Waals surface area contributed by atoms with E-state index in [0.717, 1.165) is 12.1 Å². The molecule has 1 amide bonds. The van der Waals surface area contributed by atoms with Gasteiger partial charge in [0.2, 0.25) is 5.91 Å². The van der Waals surface area contributed by atoms with Crippen LogP contribution in [0.25, 0.3) is 0 Å². The lowest BCUT2D eigenvalue weighted by Crippen LogP contribution is -2.30. The number of carbonyl (C=O) groups excluding carboxylic acids is 1. The fraction of sp³-hybridized carbons (Fsp3) is 0.462. The molecule has 0 spiro atoms. The molecule has 0 aromatic heterocycles. The first-order chi connectivity index (χ1) is 8.24. The van der Waals surface area contributed by atoms with E-state index in [1.807, 2.05) is 11.8 Å². The fourth-order valence-corrected chi connectivity index (χ4v) is 3.13. The first-order valence-corrected chi connectivity index (χ1v) is 6.91. The number of benzene rings is 1. The number of hydrogen-bond donors (Lipinski definition) is 1. The third-order valence-electron chi connectivity index (χ3n) is 2.80. The van der Waals surface area contributed by atoms with Gasteiger partial charge in [0.25, 0.3) is 0 Å². The molecule has 2 nitrogen and oxygen atoms in total. The Morgan fingerprint density at radius 2 is 2.41 bits per heavy atom. The molecule has 0 aliphatic carbocycles. The number of amides is 1. The van der Waals surface area contributed by atoms with Gasteiger partial charge in [0.1, 0.15) is 5.82 Å². The summed E-state index contributed by atoms with van der Waals surface area (Å²) in [5.41, 5.74) is 0.724. The van der Waals surface area contributed by atoms with Crippen LogP contribution < -0.4 is 5.32 Å². The van der Waals surface area contributed by atoms with Crippen molar-refractivity contribution < 1.29 is 9.18 Å². The molecule has 1 aromatic rings. The maximum absolute atomic E-state index is 12.9. The molecule has 1 heterocycles. The zero-order valence-corrected chi connectivity index (χ0v) is 10.4. The molecule has 1 fully saturated rings. The SMILES string of the molecule is O=C(Cc1cccc(F)c1)NC[C@@H]1CCCS1. The van der Waals surface area contributed by atoms with Crippen molar-refractivity contribution in [1.29, 1.82) is 0 Å². The summed E-state index contributed by atoms with van der Waals surface area (Å²) in [6.45, 7) is 0.735. The molecule has 92 valence electrons. The summed E-state index contributed by atoms with van der Waals surface area (Å²) in [6.07, 6.45) is 2.69. The summed E-state index contributed by atoms with van der Waals surface area (Å²) in [5, 5.41) is 3.47. The Balaban J connectivity index is 1.76. The summed E-state index contributed by atoms with van der Waals surface area (Å²) in [6, 6.07) is 6.19. The van der Waals surface area contributed by atoms with E-state index in [0.29, 0.717) is 5.25 Å². The maximum Gasteiger partial charge on any atom is 0.224 e. The molecule has 1 atom stereocenters. The molecule has 2 rings (SSSR count). The van der Waals surface area contributed by atoms with E-state index < -0.39 is 0 Å². The van der Waals surface area contributed by atoms with Crippen LogP contribution in [0.5, 0.6) is 0 Å². The third-order valence-corrected chi connectivity index (χ3v) is 4.20. The van der Waals surface area contributed by atoms with Crippen molar-refractivity contribution in [2.24, 2.45) is 0 Å². The van der Waals surface area contributed by atoms with Crippen molar-refractivity contribution in [3.05, 3.63) is 35.6 Å². The van der Waals surface area contributed by atoms with E-state index >= 15 is 0 Å². The van der Waals surface area contributed by atoms with Gasteiger partial charge in [0.05, 0.1) is 6.42 Å². The first kappa shape index (κ1) is 12.4. The Kier molecular flexibility index (Phi) is 4.42. The maximum atomic E-state index is 12.9. The van der Waals surface area contributed by atoms with Crippen molar-refractivity contribution in [3.63, 3.8) is 0 Å². The van der Waals surface area contributed by atoms with Crippen molar-refractivity contribution in [2.75, 3.05) is 12.3 Å². The summed E-state index contributed by atoms with van der Waals surface area (Å²) < 4.78 is 12.9. The Hall–Kier alpha value is -1.03. The van der Waals surface area contributed by atoms with E-state index in [1.165, 1.54) is 30.7 Å². The minimum Gasteiger partial charge on any atom is -0.355 e. The highest BCUT2D eigenvalue weighted by atomic mass is 32.2. The van der Waals surface area contributed by atoms with Crippen molar-refractivity contribution in [1.82, 2.24) is 5.32 Å². The molecule has 4 heteroatoms. The summed E-state index contributed by atoms with van der Waals surface area (Å²) >= 11 is 1.92. The van der Waals surface area contributed by atoms with Gasteiger partial charge >= 0.3 is 0 Å². The lowest BCUT2D eigenvalue weighted by Gasteiger charge is -2.10. The minimum absolute atomic E-state index is 0.0249. The molecular formula is C13H16FNOS. The van der Waals surface area contributed by atoms with Crippen LogP contribution in [-0.4, -0.2) is 23.5 Å². The lowest BCUT2D eigenvalue weighted by molar-refractivity contribution is -0.120. The molecule has 0 unspecified atom stereocenters. The second-order valence-corrected chi connectivity index (χ2v) is 5.65. The number of carbonyl (C=O) groups is 1. The van der Waals surface area contributed by atoms with Gasteiger partial charge in [-0.25, -0.2) is 4.39 Å². The second kappa shape index (κ2) is 6.05. The normalized spacial score (nSPS) is 19.2. The van der Waals surface area contributed by atoms with E-state index in [2.05, 4.69) is 5.32 Å². The Morgan fingerprint density at radius 3 is 3.12 bits per heavy atom. The Labute approximate surface area is 105 Å². The van der Waals surface area contributed by atoms with Crippen molar-refractivity contribution in [3.8, 4) is 0 Å². The molecule has 0 saturated carbocycles. The number of nitrogens with one attached hydrogen (secondary N) is 1. The molecule has 17 heavy (non-hydrogen) atoms. The van der Waals surface area contributed by atoms with Gasteiger partial charge in [-0.2, -0.15) is 11.8 Å². The van der Waals surface area contributed by atoms with Gasteiger partial charge in [-0.1, -0.05) is 12.1 Å². The van der Waals surface area contributed by atoms with Gasteiger partial charge in [0.15, 0.2) is 0 Å². The zero-order chi connectivity index (χ0) is 12.1. The Morgan fingerprint density at radius 1 is 1.53 bits per heavy atom. The van der Waals surface area contributed by atoms with Gasteiger partial charge in [-0.15, -0.1) is 0 Å². The molecule has 1 N–H and O–H groups in total. The number of thioether (sulfide) groups is 1. The predicted molar refractivity (Wildman–Crippen MR) is 68.6 cm³/mol. The van der Waals surface area contributed by atoms with Crippen molar-refractivity contribution in [2.45, 2.75) is 24.5 Å². The van der Waals surface area contributed by atoms with Gasteiger partial charge in [0, 0.05) is 11.8 Å². The summed E-state index contributed by atoms with van der Waals surface area (Å²) in [7, 11) is 0. The zero-order valence-electron chi connectivity index (χ0n) is 9.62. The summed E-state index contributed by atoms with van der Waals surface area (Å²) in [4.78, 5) is 11.6. The predicted octanol–water partition coefficient (Wildman–Crippen LogP) is 2.38. The quantitative estimate of drug-likeness (QED) is 0.892. The minimum atomic E-state index is -0.290. The van der Waals surface area contributed by atoms with Crippen molar-refractivity contribution >= 4 is 17.7 Å². The van der Waals surface area contributed by atoms with E-state index in [4.69, 9.17) is 0 Å². The fourth-order valence-electron chi connectivity index (χ4n) is 1.93. The van der Waals surface area contributed by atoms with Crippen LogP contribution in [0.4, 0.5) is 4.39 Å². The van der Waals surface area contributed by atoms with Crippen LogP contribution in [0.2, 0.25) is 0 Å². The highest BCUT2D eigenvalue weighted by Gasteiger charge is 2.16. The standard InChI is InChI=1S/C13H16FNOS/c14-11-4-1-3-10(7-11)8-13(16)15-9-12-5-2-6-17-12/h1,3-4,7,12H,2,5-6,8-9H2,(H,15,16)/t12-/m0/s1. The van der Waals surface area contributed by atoms with Gasteiger partial charge < -0.3 is 5.32 Å². The smallest absolute Gasteiger partial charge is 0.224 e. The van der Waals surface area contributed by atoms with Gasteiger partial charge in [-0.05, 0) is 36.3 Å². The molecule has 1 aromatic carbocycles. The highest BCUT2D eigenvalue weighted by Crippen LogP contribution is 2.25. The molecule has 1 aliphatic heterocycles. The molecule has 0 radical (unpaired) electrons. The molecule has 0 bridgehead atoms. The highest BCUT2D eigenvalue weighted by molar-refractivity contribution is 8.00. The van der Waals surface area contributed by atoms with Crippen LogP contribution in [0.1, 0.15) is 18.4 Å². The third kappa shape index (κ3) is 4.04.